The van der Waals surface area contributed by atoms with Crippen LogP contribution >= 0.6 is 0 Å². The predicted molar refractivity (Wildman–Crippen MR) is 51.0 cm³/mol. The number of amides is 2. The van der Waals surface area contributed by atoms with Crippen LogP contribution in [-0.2, 0) is 11.3 Å². The maximum Gasteiger partial charge on any atom is 0.315 e. The van der Waals surface area contributed by atoms with Gasteiger partial charge in [-0.3, -0.25) is 4.79 Å². The number of nitrogens with two attached hydrogens (primary N) is 1. The van der Waals surface area contributed by atoms with E-state index in [0.717, 1.165) is 0 Å². The average Bonchev–Trinajstić information content (AvgIpc) is 2.63. The van der Waals surface area contributed by atoms with Crippen molar-refractivity contribution in [2.75, 3.05) is 6.54 Å². The lowest BCUT2D eigenvalue weighted by Crippen LogP contribution is -2.36. The van der Waals surface area contributed by atoms with Crippen molar-refractivity contribution in [3.8, 4) is 0 Å². The Morgan fingerprint density at radius 2 is 2.27 bits per heavy atom. The van der Waals surface area contributed by atoms with E-state index >= 15 is 0 Å². The standard InChI is InChI=1S/C9H12N2O4/c10-9(14)11(4-3-8(12)13)6-7-2-1-5-15-7/h1-2,5H,3-4,6H2,(H2,10,14)(H,12,13). The number of furan rings is 1. The molecule has 6 nitrogen and oxygen atoms in total. The fourth-order valence-corrected chi connectivity index (χ4v) is 1.09. The molecule has 3 N–H and O–H groups in total. The number of rotatable bonds is 5. The van der Waals surface area contributed by atoms with Crippen LogP contribution in [-0.4, -0.2) is 28.6 Å². The third-order valence-corrected chi connectivity index (χ3v) is 1.83. The second-order valence-corrected chi connectivity index (χ2v) is 2.98. The predicted octanol–water partition coefficient (Wildman–Crippen LogP) is 0.635. The maximum absolute atomic E-state index is 11.0. The third kappa shape index (κ3) is 3.72. The Morgan fingerprint density at radius 1 is 1.53 bits per heavy atom. The van der Waals surface area contributed by atoms with Crippen LogP contribution in [0.2, 0.25) is 0 Å². The van der Waals surface area contributed by atoms with E-state index in [9.17, 15) is 9.59 Å². The molecule has 2 amide bonds. The Balaban J connectivity index is 2.51. The molecule has 1 aromatic heterocycles. The summed E-state index contributed by atoms with van der Waals surface area (Å²) in [5.74, 6) is -0.403. The lowest BCUT2D eigenvalue weighted by molar-refractivity contribution is -0.137. The van der Waals surface area contributed by atoms with Gasteiger partial charge in [-0.2, -0.15) is 0 Å². The lowest BCUT2D eigenvalue weighted by Gasteiger charge is -2.17. The van der Waals surface area contributed by atoms with Gasteiger partial charge in [0.25, 0.3) is 0 Å². The van der Waals surface area contributed by atoms with Crippen LogP contribution in [0.15, 0.2) is 22.8 Å². The summed E-state index contributed by atoms with van der Waals surface area (Å²) in [6.07, 6.45) is 1.34. The first-order valence-corrected chi connectivity index (χ1v) is 4.38. The fourth-order valence-electron chi connectivity index (χ4n) is 1.09. The Morgan fingerprint density at radius 3 is 2.73 bits per heavy atom. The summed E-state index contributed by atoms with van der Waals surface area (Å²) in [5, 5.41) is 8.47. The summed E-state index contributed by atoms with van der Waals surface area (Å²) < 4.78 is 5.02. The first kappa shape index (κ1) is 11.1. The second-order valence-electron chi connectivity index (χ2n) is 2.98. The van der Waals surface area contributed by atoms with Crippen LogP contribution < -0.4 is 5.73 Å². The molecule has 0 aliphatic carbocycles. The number of primary amides is 1. The maximum atomic E-state index is 11.0. The summed E-state index contributed by atoms with van der Waals surface area (Å²) in [4.78, 5) is 22.5. The fraction of sp³-hybridized carbons (Fsp3) is 0.333. The van der Waals surface area contributed by atoms with Gasteiger partial charge >= 0.3 is 12.0 Å². The van der Waals surface area contributed by atoms with Crippen molar-refractivity contribution in [2.24, 2.45) is 5.73 Å². The van der Waals surface area contributed by atoms with Gasteiger partial charge in [0.2, 0.25) is 0 Å². The molecule has 1 aromatic rings. The molecule has 6 heteroatoms. The molecule has 0 saturated heterocycles. The number of hydrogen-bond donors (Lipinski definition) is 2. The molecular weight excluding hydrogens is 200 g/mol. The number of carboxylic acid groups (broad SMARTS) is 1. The van der Waals surface area contributed by atoms with Gasteiger partial charge in [0.1, 0.15) is 5.76 Å². The molecule has 1 rings (SSSR count). The van der Waals surface area contributed by atoms with Crippen LogP contribution in [0.5, 0.6) is 0 Å². The second kappa shape index (κ2) is 5.04. The SMILES string of the molecule is NC(=O)N(CCC(=O)O)Cc1ccco1. The van der Waals surface area contributed by atoms with Crippen molar-refractivity contribution in [2.45, 2.75) is 13.0 Å². The highest BCUT2D eigenvalue weighted by Gasteiger charge is 2.13. The smallest absolute Gasteiger partial charge is 0.315 e. The van der Waals surface area contributed by atoms with Gasteiger partial charge in [-0.05, 0) is 12.1 Å². The monoisotopic (exact) mass is 212 g/mol. The summed E-state index contributed by atoms with van der Waals surface area (Å²) in [6, 6.07) is 2.72. The minimum Gasteiger partial charge on any atom is -0.481 e. The van der Waals surface area contributed by atoms with Crippen LogP contribution in [0, 0.1) is 0 Å². The number of carboxylic acids is 1. The summed E-state index contributed by atoms with van der Waals surface area (Å²) >= 11 is 0. The number of carbonyl (C=O) groups is 2. The van der Waals surface area contributed by atoms with Crippen molar-refractivity contribution in [3.63, 3.8) is 0 Å². The molecule has 0 aromatic carbocycles. The highest BCUT2D eigenvalue weighted by Crippen LogP contribution is 2.05. The zero-order valence-electron chi connectivity index (χ0n) is 8.05. The quantitative estimate of drug-likeness (QED) is 0.748. The van der Waals surface area contributed by atoms with Gasteiger partial charge in [-0.15, -0.1) is 0 Å². The zero-order valence-corrected chi connectivity index (χ0v) is 8.05. The number of aliphatic carboxylic acids is 1. The van der Waals surface area contributed by atoms with E-state index in [1.807, 2.05) is 0 Å². The van der Waals surface area contributed by atoms with Crippen molar-refractivity contribution in [1.29, 1.82) is 0 Å². The number of carbonyl (C=O) groups excluding carboxylic acids is 1. The molecule has 0 aliphatic heterocycles. The van der Waals surface area contributed by atoms with E-state index in [0.29, 0.717) is 5.76 Å². The molecule has 0 atom stereocenters. The van der Waals surface area contributed by atoms with Gasteiger partial charge in [-0.25, -0.2) is 4.79 Å². The van der Waals surface area contributed by atoms with Crippen molar-refractivity contribution in [1.82, 2.24) is 4.90 Å². The number of urea groups is 1. The van der Waals surface area contributed by atoms with E-state index in [1.54, 1.807) is 12.1 Å². The first-order chi connectivity index (χ1) is 7.09. The minimum absolute atomic E-state index is 0.0748. The first-order valence-electron chi connectivity index (χ1n) is 4.38. The lowest BCUT2D eigenvalue weighted by atomic mass is 10.3. The highest BCUT2D eigenvalue weighted by atomic mass is 16.4. The number of nitrogens with zero attached hydrogens (tertiary/aromatic N) is 1. The summed E-state index contributed by atoms with van der Waals surface area (Å²) in [5.41, 5.74) is 5.09. The molecule has 0 radical (unpaired) electrons. The van der Waals surface area contributed by atoms with Crippen LogP contribution in [0.25, 0.3) is 0 Å². The minimum atomic E-state index is -0.972. The van der Waals surface area contributed by atoms with Crippen molar-refractivity contribution < 1.29 is 19.1 Å². The van der Waals surface area contributed by atoms with Gasteiger partial charge in [0, 0.05) is 6.54 Å². The highest BCUT2D eigenvalue weighted by molar-refractivity contribution is 5.73. The third-order valence-electron chi connectivity index (χ3n) is 1.83. The molecule has 82 valence electrons. The largest absolute Gasteiger partial charge is 0.481 e. The van der Waals surface area contributed by atoms with Gasteiger partial charge in [-0.1, -0.05) is 0 Å². The molecule has 0 fully saturated rings. The van der Waals surface area contributed by atoms with Crippen LogP contribution in [0.4, 0.5) is 4.79 Å². The topological polar surface area (TPSA) is 96.8 Å². The molecule has 0 saturated carbocycles. The van der Waals surface area contributed by atoms with E-state index in [2.05, 4.69) is 0 Å². The molecule has 0 aliphatic rings. The Kier molecular flexibility index (Phi) is 3.73. The van der Waals surface area contributed by atoms with Gasteiger partial charge in [0.15, 0.2) is 0 Å². The molecule has 15 heavy (non-hydrogen) atoms. The van der Waals surface area contributed by atoms with Crippen LogP contribution in [0.3, 0.4) is 0 Å². The van der Waals surface area contributed by atoms with E-state index in [-0.39, 0.29) is 19.5 Å². The Labute approximate surface area is 86.3 Å². The summed E-state index contributed by atoms with van der Waals surface area (Å²) in [7, 11) is 0. The van der Waals surface area contributed by atoms with E-state index in [4.69, 9.17) is 15.3 Å². The Bertz CT molecular complexity index is 334. The molecule has 0 unspecified atom stereocenters. The summed E-state index contributed by atoms with van der Waals surface area (Å²) in [6.45, 7) is 0.265. The number of hydrogen-bond acceptors (Lipinski definition) is 3. The van der Waals surface area contributed by atoms with Crippen LogP contribution in [0.1, 0.15) is 12.2 Å². The van der Waals surface area contributed by atoms with Gasteiger partial charge < -0.3 is 20.2 Å². The molecule has 1 heterocycles. The molecular formula is C9H12N2O4. The van der Waals surface area contributed by atoms with E-state index in [1.165, 1.54) is 11.2 Å². The zero-order chi connectivity index (χ0) is 11.3. The van der Waals surface area contributed by atoms with E-state index < -0.39 is 12.0 Å². The van der Waals surface area contributed by atoms with Crippen molar-refractivity contribution in [3.05, 3.63) is 24.2 Å². The van der Waals surface area contributed by atoms with Crippen molar-refractivity contribution >= 4 is 12.0 Å². The van der Waals surface area contributed by atoms with Gasteiger partial charge in [0.05, 0.1) is 19.2 Å². The molecule has 0 spiro atoms. The average molecular weight is 212 g/mol. The normalized spacial score (nSPS) is 9.87. The Hall–Kier alpha value is -1.98. The molecule has 0 bridgehead atoms.